The smallest absolute Gasteiger partial charge is 0.119 e. The lowest BCUT2D eigenvalue weighted by Crippen LogP contribution is -2.29. The van der Waals surface area contributed by atoms with Crippen LogP contribution in [-0.4, -0.2) is 13.2 Å². The van der Waals surface area contributed by atoms with E-state index >= 15 is 0 Å². The van der Waals surface area contributed by atoms with E-state index in [0.717, 1.165) is 80.7 Å². The Morgan fingerprint density at radius 1 is 0.312 bits per heavy atom. The third kappa shape index (κ3) is 14.9. The topological polar surface area (TPSA) is 24.9 Å². The summed E-state index contributed by atoms with van der Waals surface area (Å²) in [6, 6.07) is 126. The Hall–Kier alpha value is -11.5. The SMILES string of the molecule is C=Cc1ccc(Sc2ccc(C3(c4ccc(OCC(CC)CCCC)cc4)c4ccccc4-c4ccc(N(c5ccccc5)c5ccc(-c6ccc(N(c7ccccc7)c7ccc8c(c7)C(c7ccc(OCC(CC)CCCC)cc7)(c7ccc(Sc9ccc(C=C)cc9)cc7)c7ccccc7-8)cc6)cc5)cc43)cc2)cc1. The largest absolute Gasteiger partial charge is 0.493 e. The number of para-hydroxylation sites is 2. The minimum Gasteiger partial charge on any atom is -0.493 e. The third-order valence-corrected chi connectivity index (χ3v) is 25.1. The van der Waals surface area contributed by atoms with Gasteiger partial charge >= 0.3 is 0 Å². The zero-order chi connectivity index (χ0) is 76.4. The molecule has 2 aliphatic carbocycles. The summed E-state index contributed by atoms with van der Waals surface area (Å²) in [6.07, 6.45) is 13.2. The molecule has 16 rings (SSSR count). The molecule has 0 saturated heterocycles. The molecule has 0 spiro atoms. The highest BCUT2D eigenvalue weighted by atomic mass is 32.2. The molecule has 0 radical (unpaired) electrons. The molecular formula is C106H96N2O2S2. The van der Waals surface area contributed by atoms with E-state index in [9.17, 15) is 0 Å². The lowest BCUT2D eigenvalue weighted by atomic mass is 9.67. The van der Waals surface area contributed by atoms with Crippen molar-refractivity contribution in [3.05, 3.63) is 409 Å². The Bertz CT molecular complexity index is 5180. The van der Waals surface area contributed by atoms with E-state index in [1.807, 2.05) is 12.2 Å². The first kappa shape index (κ1) is 74.5. The van der Waals surface area contributed by atoms with Gasteiger partial charge in [-0.1, -0.05) is 309 Å². The maximum atomic E-state index is 6.64. The molecule has 0 aliphatic heterocycles. The Labute approximate surface area is 672 Å². The van der Waals surface area contributed by atoms with Gasteiger partial charge < -0.3 is 19.3 Å². The summed E-state index contributed by atoms with van der Waals surface area (Å²) in [5.41, 5.74) is 24.2. The van der Waals surface area contributed by atoms with E-state index in [-0.39, 0.29) is 0 Å². The fraction of sp³-hybridized carbons (Fsp3) is 0.170. The predicted molar refractivity (Wildman–Crippen MR) is 475 cm³/mol. The second kappa shape index (κ2) is 34.0. The number of ether oxygens (including phenoxy) is 2. The standard InChI is InChI=1S/C106H96N2O2S2/c1-7-13-25-77(11-5)73-109-91-57-43-81(44-58-91)105(83-47-65-95(66-48-83)111-93-61-35-75(9-3)36-62-93)101-33-23-21-31-97(101)99-69-55-89(71-103(99)105)107(85-27-17-15-18-28-85)87-51-39-79(40-52-87)80-41-53-88(54-42-80)108(86-29-19-16-20-30-86)90-56-70-100-98-32-22-24-34-102(98)106(104(100)72-90,82-45-59-92(60-46-82)110-74-78(12-6)26-14-8-2)84-49-67-96(68-50-84)112-94-63-37-76(10-4)38-64-94/h9-10,15-24,27-72,77-78H,3-4,7-8,11-14,25-26,73-74H2,1-2,5-6H3. The van der Waals surface area contributed by atoms with E-state index in [2.05, 4.69) is 390 Å². The maximum Gasteiger partial charge on any atom is 0.119 e. The number of benzene rings is 14. The van der Waals surface area contributed by atoms with Gasteiger partial charge in [-0.25, -0.2) is 0 Å². The zero-order valence-corrected chi connectivity index (χ0v) is 66.3. The molecule has 0 bridgehead atoms. The Kier molecular flexibility index (Phi) is 22.6. The molecule has 0 saturated carbocycles. The molecule has 0 aromatic heterocycles. The number of nitrogens with zero attached hydrogens (tertiary/aromatic N) is 2. The third-order valence-electron chi connectivity index (χ3n) is 23.1. The van der Waals surface area contributed by atoms with E-state index in [0.29, 0.717) is 25.0 Å². The summed E-state index contributed by atoms with van der Waals surface area (Å²) in [7, 11) is 0. The molecule has 14 aromatic carbocycles. The van der Waals surface area contributed by atoms with Crippen molar-refractivity contribution in [2.45, 2.75) is 109 Å². The summed E-state index contributed by atoms with van der Waals surface area (Å²) in [5, 5.41) is 0. The molecule has 14 aromatic rings. The average molecular weight is 1490 g/mol. The maximum absolute atomic E-state index is 6.64. The van der Waals surface area contributed by atoms with Crippen LogP contribution in [0.25, 0.3) is 45.5 Å². The fourth-order valence-corrected chi connectivity index (χ4v) is 18.7. The molecule has 6 heteroatoms. The molecule has 112 heavy (non-hydrogen) atoms. The number of hydrogen-bond acceptors (Lipinski definition) is 6. The van der Waals surface area contributed by atoms with Gasteiger partial charge in [0.1, 0.15) is 11.5 Å². The Balaban J connectivity index is 0.750. The second-order valence-corrected chi connectivity index (χ2v) is 32.1. The average Bonchev–Trinajstić information content (AvgIpc) is 1.54. The highest BCUT2D eigenvalue weighted by Crippen LogP contribution is 2.60. The van der Waals surface area contributed by atoms with Gasteiger partial charge in [-0.05, 0) is 259 Å². The van der Waals surface area contributed by atoms with Crippen molar-refractivity contribution in [3.63, 3.8) is 0 Å². The minimum atomic E-state index is -0.671. The van der Waals surface area contributed by atoms with Gasteiger partial charge in [0.2, 0.25) is 0 Å². The van der Waals surface area contributed by atoms with Crippen LogP contribution < -0.4 is 19.3 Å². The monoisotopic (exact) mass is 1490 g/mol. The molecule has 2 aliphatic rings. The van der Waals surface area contributed by atoms with E-state index in [1.165, 1.54) is 125 Å². The van der Waals surface area contributed by atoms with Gasteiger partial charge in [0.15, 0.2) is 0 Å². The van der Waals surface area contributed by atoms with Crippen molar-refractivity contribution in [1.82, 2.24) is 0 Å². The van der Waals surface area contributed by atoms with Crippen LogP contribution in [0.1, 0.15) is 135 Å². The van der Waals surface area contributed by atoms with Gasteiger partial charge in [0.05, 0.1) is 24.0 Å². The number of hydrogen-bond donors (Lipinski definition) is 0. The molecule has 0 N–H and O–H groups in total. The highest BCUT2D eigenvalue weighted by molar-refractivity contribution is 7.99. The van der Waals surface area contributed by atoms with Gasteiger partial charge in [0.25, 0.3) is 0 Å². The van der Waals surface area contributed by atoms with Crippen LogP contribution in [0.5, 0.6) is 11.5 Å². The summed E-state index contributed by atoms with van der Waals surface area (Å²) >= 11 is 3.56. The van der Waals surface area contributed by atoms with Crippen LogP contribution in [0.2, 0.25) is 0 Å². The predicted octanol–water partition coefficient (Wildman–Crippen LogP) is 29.8. The molecule has 4 unspecified atom stereocenters. The van der Waals surface area contributed by atoms with E-state index in [4.69, 9.17) is 9.47 Å². The van der Waals surface area contributed by atoms with Crippen molar-refractivity contribution < 1.29 is 9.47 Å². The zero-order valence-electron chi connectivity index (χ0n) is 64.7. The molecule has 0 amide bonds. The molecule has 0 fully saturated rings. The van der Waals surface area contributed by atoms with Gasteiger partial charge in [0, 0.05) is 53.7 Å². The molecule has 554 valence electrons. The van der Waals surface area contributed by atoms with Crippen molar-refractivity contribution in [3.8, 4) is 44.9 Å². The van der Waals surface area contributed by atoms with E-state index in [1.54, 1.807) is 23.5 Å². The lowest BCUT2D eigenvalue weighted by molar-refractivity contribution is 0.233. The molecule has 4 atom stereocenters. The van der Waals surface area contributed by atoms with Gasteiger partial charge in [-0.15, -0.1) is 0 Å². The fourth-order valence-electron chi connectivity index (χ4n) is 17.0. The first-order valence-electron chi connectivity index (χ1n) is 40.1. The van der Waals surface area contributed by atoms with Crippen LogP contribution in [0, 0.1) is 11.8 Å². The second-order valence-electron chi connectivity index (χ2n) is 29.8. The minimum absolute atomic E-state index is 0.526. The molecule has 4 nitrogen and oxygen atoms in total. The number of rotatable bonds is 31. The molecule has 0 heterocycles. The van der Waals surface area contributed by atoms with Crippen LogP contribution in [0.4, 0.5) is 34.1 Å². The van der Waals surface area contributed by atoms with Crippen molar-refractivity contribution in [2.24, 2.45) is 11.8 Å². The van der Waals surface area contributed by atoms with Crippen LogP contribution in [0.3, 0.4) is 0 Å². The summed E-state index contributed by atoms with van der Waals surface area (Å²) in [5.74, 6) is 2.86. The lowest BCUT2D eigenvalue weighted by Gasteiger charge is -2.35. The van der Waals surface area contributed by atoms with Crippen molar-refractivity contribution in [2.75, 3.05) is 23.0 Å². The van der Waals surface area contributed by atoms with Gasteiger partial charge in [-0.2, -0.15) is 0 Å². The quantitative estimate of drug-likeness (QED) is 0.0429. The molecular weight excluding hydrogens is 1400 g/mol. The van der Waals surface area contributed by atoms with Crippen LogP contribution in [-0.2, 0) is 10.8 Å². The Morgan fingerprint density at radius 3 is 0.955 bits per heavy atom. The van der Waals surface area contributed by atoms with E-state index < -0.39 is 10.8 Å². The Morgan fingerprint density at radius 2 is 0.616 bits per heavy atom. The summed E-state index contributed by atoms with van der Waals surface area (Å²) < 4.78 is 13.3. The normalized spacial score (nSPS) is 14.9. The first-order valence-corrected chi connectivity index (χ1v) is 41.7. The van der Waals surface area contributed by atoms with Crippen LogP contribution in [0.15, 0.2) is 372 Å². The van der Waals surface area contributed by atoms with Crippen LogP contribution >= 0.6 is 23.5 Å². The summed E-state index contributed by atoms with van der Waals surface area (Å²) in [6.45, 7) is 18.5. The van der Waals surface area contributed by atoms with Crippen molar-refractivity contribution >= 4 is 69.8 Å². The first-order chi connectivity index (χ1) is 55.2. The van der Waals surface area contributed by atoms with Crippen molar-refractivity contribution in [1.29, 1.82) is 0 Å². The number of unbranched alkanes of at least 4 members (excludes halogenated alkanes) is 2. The number of fused-ring (bicyclic) bond motifs is 6. The highest BCUT2D eigenvalue weighted by Gasteiger charge is 2.48. The summed E-state index contributed by atoms with van der Waals surface area (Å²) in [4.78, 5) is 9.57. The number of anilines is 6. The van der Waals surface area contributed by atoms with Gasteiger partial charge in [-0.3, -0.25) is 0 Å².